The van der Waals surface area contributed by atoms with Crippen molar-refractivity contribution in [1.29, 1.82) is 0 Å². The van der Waals surface area contributed by atoms with Crippen molar-refractivity contribution in [2.24, 2.45) is 0 Å². The number of aromatic nitrogens is 3. The maximum Gasteiger partial charge on any atom is 0.272 e. The van der Waals surface area contributed by atoms with Gasteiger partial charge in [0.25, 0.3) is 5.56 Å². The van der Waals surface area contributed by atoms with Crippen molar-refractivity contribution in [1.82, 2.24) is 19.9 Å². The van der Waals surface area contributed by atoms with Gasteiger partial charge < -0.3 is 5.32 Å². The van der Waals surface area contributed by atoms with Crippen LogP contribution in [0.5, 0.6) is 0 Å². The quantitative estimate of drug-likeness (QED) is 0.708. The molecule has 1 aliphatic heterocycles. The van der Waals surface area contributed by atoms with Crippen LogP contribution in [0.2, 0.25) is 0 Å². The first-order valence-electron chi connectivity index (χ1n) is 5.15. The van der Waals surface area contributed by atoms with Crippen LogP contribution in [-0.2, 0) is 0 Å². The fourth-order valence-electron chi connectivity index (χ4n) is 2.06. The van der Waals surface area contributed by atoms with Crippen LogP contribution in [0.15, 0.2) is 23.1 Å². The van der Waals surface area contributed by atoms with Crippen molar-refractivity contribution in [3.8, 4) is 0 Å². The van der Waals surface area contributed by atoms with E-state index in [1.807, 2.05) is 0 Å². The molecule has 1 fully saturated rings. The van der Waals surface area contributed by atoms with Crippen LogP contribution in [-0.4, -0.2) is 21.1 Å². The Morgan fingerprint density at radius 1 is 1.53 bits per heavy atom. The van der Waals surface area contributed by atoms with E-state index in [0.717, 1.165) is 25.1 Å². The molecule has 78 valence electrons. The second-order valence-electron chi connectivity index (χ2n) is 3.82. The zero-order valence-corrected chi connectivity index (χ0v) is 8.23. The van der Waals surface area contributed by atoms with Gasteiger partial charge in [0.1, 0.15) is 0 Å². The number of H-pyrrole nitrogens is 1. The van der Waals surface area contributed by atoms with E-state index >= 15 is 0 Å². The van der Waals surface area contributed by atoms with Crippen molar-refractivity contribution in [2.45, 2.75) is 18.9 Å². The minimum atomic E-state index is -0.0475. The number of rotatable bonds is 1. The summed E-state index contributed by atoms with van der Waals surface area (Å²) in [6.07, 6.45) is 3.93. The van der Waals surface area contributed by atoms with Crippen LogP contribution in [0.3, 0.4) is 0 Å². The van der Waals surface area contributed by atoms with Gasteiger partial charge in [-0.25, -0.2) is 9.50 Å². The second-order valence-corrected chi connectivity index (χ2v) is 3.82. The molecule has 2 aromatic heterocycles. The Bertz CT molecular complexity index is 536. The highest BCUT2D eigenvalue weighted by molar-refractivity contribution is 5.37. The molecule has 1 aliphatic rings. The first kappa shape index (κ1) is 8.67. The molecule has 0 bridgehead atoms. The van der Waals surface area contributed by atoms with E-state index in [4.69, 9.17) is 0 Å². The molecule has 0 radical (unpaired) electrons. The van der Waals surface area contributed by atoms with Crippen LogP contribution < -0.4 is 10.9 Å². The molecule has 15 heavy (non-hydrogen) atoms. The van der Waals surface area contributed by atoms with E-state index in [2.05, 4.69) is 15.4 Å². The Kier molecular flexibility index (Phi) is 1.85. The normalized spacial score (nSPS) is 21.2. The molecule has 5 nitrogen and oxygen atoms in total. The van der Waals surface area contributed by atoms with Gasteiger partial charge in [-0.2, -0.15) is 0 Å². The van der Waals surface area contributed by atoms with Gasteiger partial charge in [-0.15, -0.1) is 0 Å². The molecule has 1 atom stereocenters. The summed E-state index contributed by atoms with van der Waals surface area (Å²) < 4.78 is 1.44. The third-order valence-corrected chi connectivity index (χ3v) is 2.82. The summed E-state index contributed by atoms with van der Waals surface area (Å²) in [7, 11) is 0. The Morgan fingerprint density at radius 3 is 3.27 bits per heavy atom. The van der Waals surface area contributed by atoms with Gasteiger partial charge in [-0.3, -0.25) is 9.89 Å². The summed E-state index contributed by atoms with van der Waals surface area (Å²) in [6, 6.07) is 3.66. The second kappa shape index (κ2) is 3.20. The number of nitrogens with one attached hydrogen (secondary N) is 2. The Hall–Kier alpha value is -1.62. The molecule has 2 aromatic rings. The SMILES string of the molecule is O=c1cc(C2CCCN2)nc2cc[nH]n12. The molecule has 1 saturated heterocycles. The molecule has 3 heterocycles. The molecular formula is C10H12N4O. The maximum absolute atomic E-state index is 11.7. The van der Waals surface area contributed by atoms with Gasteiger partial charge in [-0.05, 0) is 19.4 Å². The van der Waals surface area contributed by atoms with E-state index in [0.29, 0.717) is 5.65 Å². The third-order valence-electron chi connectivity index (χ3n) is 2.82. The van der Waals surface area contributed by atoms with E-state index in [9.17, 15) is 4.79 Å². The lowest BCUT2D eigenvalue weighted by molar-refractivity contribution is 0.624. The summed E-state index contributed by atoms with van der Waals surface area (Å²) in [5.74, 6) is 0. The minimum Gasteiger partial charge on any atom is -0.309 e. The lowest BCUT2D eigenvalue weighted by Crippen LogP contribution is -2.20. The predicted octanol–water partition coefficient (Wildman–Crippen LogP) is 0.447. The lowest BCUT2D eigenvalue weighted by Gasteiger charge is -2.08. The molecule has 0 aromatic carbocycles. The summed E-state index contributed by atoms with van der Waals surface area (Å²) in [4.78, 5) is 16.1. The standard InChI is InChI=1S/C10H12N4O/c15-10-6-8(7-2-1-4-11-7)13-9-3-5-12-14(9)10/h3,5-7,11-12H,1-2,4H2. The zero-order valence-electron chi connectivity index (χ0n) is 8.23. The molecule has 3 rings (SSSR count). The van der Waals surface area contributed by atoms with Crippen LogP contribution in [0.1, 0.15) is 24.6 Å². The minimum absolute atomic E-state index is 0.0475. The van der Waals surface area contributed by atoms with Gasteiger partial charge in [0.15, 0.2) is 5.65 Å². The van der Waals surface area contributed by atoms with Crippen molar-refractivity contribution in [2.75, 3.05) is 6.54 Å². The largest absolute Gasteiger partial charge is 0.309 e. The van der Waals surface area contributed by atoms with Crippen LogP contribution >= 0.6 is 0 Å². The van der Waals surface area contributed by atoms with Gasteiger partial charge >= 0.3 is 0 Å². The first-order valence-corrected chi connectivity index (χ1v) is 5.15. The van der Waals surface area contributed by atoms with E-state index in [1.54, 1.807) is 18.3 Å². The third kappa shape index (κ3) is 1.35. The van der Waals surface area contributed by atoms with Crippen molar-refractivity contribution < 1.29 is 0 Å². The van der Waals surface area contributed by atoms with Gasteiger partial charge in [0, 0.05) is 24.4 Å². The van der Waals surface area contributed by atoms with Gasteiger partial charge in [-0.1, -0.05) is 0 Å². The Labute approximate surface area is 86.1 Å². The Morgan fingerprint density at radius 2 is 2.47 bits per heavy atom. The van der Waals surface area contributed by atoms with Gasteiger partial charge in [0.05, 0.1) is 5.69 Å². The highest BCUT2D eigenvalue weighted by atomic mass is 16.1. The predicted molar refractivity (Wildman–Crippen MR) is 55.8 cm³/mol. The molecule has 0 aliphatic carbocycles. The highest BCUT2D eigenvalue weighted by Gasteiger charge is 2.18. The van der Waals surface area contributed by atoms with Gasteiger partial charge in [0.2, 0.25) is 0 Å². The smallest absolute Gasteiger partial charge is 0.272 e. The number of aromatic amines is 1. The molecule has 0 saturated carbocycles. The maximum atomic E-state index is 11.7. The van der Waals surface area contributed by atoms with Crippen LogP contribution in [0, 0.1) is 0 Å². The van der Waals surface area contributed by atoms with E-state index < -0.39 is 0 Å². The number of hydrogen-bond donors (Lipinski definition) is 2. The average molecular weight is 204 g/mol. The van der Waals surface area contributed by atoms with Crippen molar-refractivity contribution in [3.63, 3.8) is 0 Å². The number of hydrogen-bond acceptors (Lipinski definition) is 3. The molecule has 1 unspecified atom stereocenters. The monoisotopic (exact) mass is 204 g/mol. The summed E-state index contributed by atoms with van der Waals surface area (Å²) in [6.45, 7) is 1.01. The number of fused-ring (bicyclic) bond motifs is 1. The molecular weight excluding hydrogens is 192 g/mol. The summed E-state index contributed by atoms with van der Waals surface area (Å²) in [5, 5.41) is 6.16. The highest BCUT2D eigenvalue weighted by Crippen LogP contribution is 2.20. The molecule has 0 spiro atoms. The van der Waals surface area contributed by atoms with Crippen LogP contribution in [0.4, 0.5) is 0 Å². The van der Waals surface area contributed by atoms with Crippen molar-refractivity contribution in [3.05, 3.63) is 34.4 Å². The topological polar surface area (TPSA) is 62.2 Å². The summed E-state index contributed by atoms with van der Waals surface area (Å²) >= 11 is 0. The Balaban J connectivity index is 2.15. The molecule has 5 heteroatoms. The first-order chi connectivity index (χ1) is 7.34. The van der Waals surface area contributed by atoms with Crippen LogP contribution in [0.25, 0.3) is 5.65 Å². The summed E-state index contributed by atoms with van der Waals surface area (Å²) in [5.41, 5.74) is 1.50. The fourth-order valence-corrected chi connectivity index (χ4v) is 2.06. The number of nitrogens with zero attached hydrogens (tertiary/aromatic N) is 2. The van der Waals surface area contributed by atoms with E-state index in [-0.39, 0.29) is 11.6 Å². The fraction of sp³-hybridized carbons (Fsp3) is 0.400. The average Bonchev–Trinajstić information content (AvgIpc) is 2.88. The molecule has 0 amide bonds. The zero-order chi connectivity index (χ0) is 10.3. The van der Waals surface area contributed by atoms with Crippen molar-refractivity contribution >= 4 is 5.65 Å². The van der Waals surface area contributed by atoms with E-state index in [1.165, 1.54) is 4.52 Å². The lowest BCUT2D eigenvalue weighted by atomic mass is 10.1. The molecule has 2 N–H and O–H groups in total.